The fraction of sp³-hybridized carbons (Fsp3) is 0.722. The van der Waals surface area contributed by atoms with Gasteiger partial charge in [-0.2, -0.15) is 0 Å². The predicted molar refractivity (Wildman–Crippen MR) is 97.8 cm³/mol. The smallest absolute Gasteiger partial charge is 0.223 e. The van der Waals surface area contributed by atoms with E-state index in [2.05, 4.69) is 38.9 Å². The summed E-state index contributed by atoms with van der Waals surface area (Å²) in [5.41, 5.74) is 1.07. The molecule has 1 amide bonds. The van der Waals surface area contributed by atoms with Gasteiger partial charge in [0.05, 0.1) is 25.1 Å². The van der Waals surface area contributed by atoms with Crippen molar-refractivity contribution in [1.82, 2.24) is 15.3 Å². The molecular weight excluding hydrogens is 318 g/mol. The summed E-state index contributed by atoms with van der Waals surface area (Å²) in [6.07, 6.45) is 5.26. The molecule has 0 unspecified atom stereocenters. The van der Waals surface area contributed by atoms with E-state index in [0.717, 1.165) is 70.3 Å². The Bertz CT molecular complexity index is 566. The predicted octanol–water partition coefficient (Wildman–Crippen LogP) is 1.30. The van der Waals surface area contributed by atoms with Crippen molar-refractivity contribution in [2.24, 2.45) is 11.8 Å². The lowest BCUT2D eigenvalue weighted by Gasteiger charge is -2.36. The Labute approximate surface area is 149 Å². The monoisotopic (exact) mass is 347 g/mol. The third-order valence-electron chi connectivity index (χ3n) is 4.87. The number of carbonyl (C=O) groups is 1. The summed E-state index contributed by atoms with van der Waals surface area (Å²) in [6, 6.07) is 0. The topological polar surface area (TPSA) is 70.6 Å². The van der Waals surface area contributed by atoms with E-state index in [-0.39, 0.29) is 11.8 Å². The summed E-state index contributed by atoms with van der Waals surface area (Å²) >= 11 is 0. The molecule has 7 heteroatoms. The number of nitrogens with zero attached hydrogens (tertiary/aromatic N) is 4. The number of hydrogen-bond donors (Lipinski definition) is 1. The van der Waals surface area contributed by atoms with Crippen molar-refractivity contribution in [3.05, 3.63) is 12.5 Å². The summed E-state index contributed by atoms with van der Waals surface area (Å²) in [7, 11) is 0. The van der Waals surface area contributed by atoms with Gasteiger partial charge in [0.25, 0.3) is 0 Å². The Morgan fingerprint density at radius 1 is 1.24 bits per heavy atom. The van der Waals surface area contributed by atoms with Crippen LogP contribution in [0.2, 0.25) is 0 Å². The number of morpholine rings is 1. The first-order chi connectivity index (χ1) is 12.1. The molecule has 2 aliphatic rings. The van der Waals surface area contributed by atoms with Crippen molar-refractivity contribution >= 4 is 17.4 Å². The number of hydrogen-bond acceptors (Lipinski definition) is 6. The van der Waals surface area contributed by atoms with Gasteiger partial charge >= 0.3 is 0 Å². The fourth-order valence-electron chi connectivity index (χ4n) is 3.39. The molecule has 2 aliphatic heterocycles. The van der Waals surface area contributed by atoms with Crippen LogP contribution < -0.4 is 15.1 Å². The van der Waals surface area contributed by atoms with E-state index in [1.165, 1.54) is 0 Å². The van der Waals surface area contributed by atoms with Gasteiger partial charge in [-0.3, -0.25) is 4.79 Å². The molecule has 1 N–H and O–H groups in total. The second-order valence-corrected chi connectivity index (χ2v) is 7.23. The van der Waals surface area contributed by atoms with Crippen LogP contribution in [0.15, 0.2) is 12.5 Å². The molecule has 0 saturated carbocycles. The van der Waals surface area contributed by atoms with E-state index in [9.17, 15) is 4.79 Å². The normalized spacial score (nSPS) is 19.3. The van der Waals surface area contributed by atoms with Crippen LogP contribution in [-0.2, 0) is 9.53 Å². The van der Waals surface area contributed by atoms with Crippen LogP contribution in [0.25, 0.3) is 0 Å². The zero-order valence-electron chi connectivity index (χ0n) is 15.3. The Balaban J connectivity index is 1.60. The molecule has 0 atom stereocenters. The zero-order valence-corrected chi connectivity index (χ0v) is 15.3. The lowest BCUT2D eigenvalue weighted by Crippen LogP contribution is -2.43. The molecule has 3 heterocycles. The van der Waals surface area contributed by atoms with E-state index in [0.29, 0.717) is 5.92 Å². The first-order valence-corrected chi connectivity index (χ1v) is 9.30. The summed E-state index contributed by atoms with van der Waals surface area (Å²) in [6.45, 7) is 9.91. The SMILES string of the molecule is CC(C)CNC(=O)C1CCN(c2cncnc2N2CCOCC2)CC1. The van der Waals surface area contributed by atoms with Crippen molar-refractivity contribution in [3.8, 4) is 0 Å². The number of aromatic nitrogens is 2. The minimum atomic E-state index is 0.117. The number of nitrogens with one attached hydrogen (secondary N) is 1. The van der Waals surface area contributed by atoms with Crippen molar-refractivity contribution in [2.75, 3.05) is 55.7 Å². The van der Waals surface area contributed by atoms with Crippen molar-refractivity contribution < 1.29 is 9.53 Å². The molecular formula is C18H29N5O2. The minimum Gasteiger partial charge on any atom is -0.378 e. The maximum atomic E-state index is 12.3. The molecule has 3 rings (SSSR count). The van der Waals surface area contributed by atoms with Crippen LogP contribution in [0.3, 0.4) is 0 Å². The summed E-state index contributed by atoms with van der Waals surface area (Å²) in [5.74, 6) is 1.79. The second-order valence-electron chi connectivity index (χ2n) is 7.23. The molecule has 0 bridgehead atoms. The zero-order chi connectivity index (χ0) is 17.6. The van der Waals surface area contributed by atoms with Crippen LogP contribution in [0.5, 0.6) is 0 Å². The van der Waals surface area contributed by atoms with Crippen LogP contribution in [-0.4, -0.2) is 61.8 Å². The third-order valence-corrected chi connectivity index (χ3v) is 4.87. The maximum Gasteiger partial charge on any atom is 0.223 e. The number of carbonyl (C=O) groups excluding carboxylic acids is 1. The quantitative estimate of drug-likeness (QED) is 0.866. The van der Waals surface area contributed by atoms with E-state index in [4.69, 9.17) is 4.74 Å². The Kier molecular flexibility index (Phi) is 6.07. The van der Waals surface area contributed by atoms with Gasteiger partial charge in [-0.1, -0.05) is 13.8 Å². The number of amides is 1. The molecule has 2 fully saturated rings. The molecule has 0 spiro atoms. The first kappa shape index (κ1) is 17.9. The van der Waals surface area contributed by atoms with Crippen molar-refractivity contribution in [2.45, 2.75) is 26.7 Å². The van der Waals surface area contributed by atoms with Gasteiger partial charge < -0.3 is 19.9 Å². The highest BCUT2D eigenvalue weighted by atomic mass is 16.5. The number of ether oxygens (including phenoxy) is 1. The van der Waals surface area contributed by atoms with Crippen LogP contribution in [0.4, 0.5) is 11.5 Å². The first-order valence-electron chi connectivity index (χ1n) is 9.30. The lowest BCUT2D eigenvalue weighted by molar-refractivity contribution is -0.125. The second kappa shape index (κ2) is 8.47. The van der Waals surface area contributed by atoms with Crippen LogP contribution >= 0.6 is 0 Å². The Morgan fingerprint density at radius 3 is 2.64 bits per heavy atom. The Hall–Kier alpha value is -1.89. The molecule has 1 aromatic heterocycles. The van der Waals surface area contributed by atoms with Gasteiger partial charge in [0.15, 0.2) is 5.82 Å². The highest BCUT2D eigenvalue weighted by Gasteiger charge is 2.27. The molecule has 7 nitrogen and oxygen atoms in total. The van der Waals surface area contributed by atoms with E-state index < -0.39 is 0 Å². The van der Waals surface area contributed by atoms with E-state index >= 15 is 0 Å². The number of piperidine rings is 1. The highest BCUT2D eigenvalue weighted by molar-refractivity contribution is 5.79. The van der Waals surface area contributed by atoms with Gasteiger partial charge in [0.2, 0.25) is 5.91 Å². The summed E-state index contributed by atoms with van der Waals surface area (Å²) < 4.78 is 5.44. The van der Waals surface area contributed by atoms with Gasteiger partial charge in [-0.15, -0.1) is 0 Å². The number of anilines is 2. The molecule has 25 heavy (non-hydrogen) atoms. The van der Waals surface area contributed by atoms with E-state index in [1.807, 2.05) is 6.20 Å². The molecule has 0 aliphatic carbocycles. The lowest BCUT2D eigenvalue weighted by atomic mass is 9.95. The number of rotatable bonds is 5. The average Bonchev–Trinajstić information content (AvgIpc) is 2.67. The van der Waals surface area contributed by atoms with Gasteiger partial charge in [0, 0.05) is 38.6 Å². The third kappa shape index (κ3) is 4.60. The maximum absolute atomic E-state index is 12.3. The fourth-order valence-corrected chi connectivity index (χ4v) is 3.39. The Morgan fingerprint density at radius 2 is 1.96 bits per heavy atom. The largest absolute Gasteiger partial charge is 0.378 e. The minimum absolute atomic E-state index is 0.117. The van der Waals surface area contributed by atoms with Gasteiger partial charge in [0.1, 0.15) is 6.33 Å². The summed E-state index contributed by atoms with van der Waals surface area (Å²) in [5, 5.41) is 3.07. The van der Waals surface area contributed by atoms with Gasteiger partial charge in [-0.05, 0) is 18.8 Å². The van der Waals surface area contributed by atoms with Crippen molar-refractivity contribution in [1.29, 1.82) is 0 Å². The molecule has 138 valence electrons. The van der Waals surface area contributed by atoms with Crippen LogP contribution in [0.1, 0.15) is 26.7 Å². The molecule has 2 saturated heterocycles. The molecule has 0 aromatic carbocycles. The molecule has 1 aromatic rings. The van der Waals surface area contributed by atoms with Crippen molar-refractivity contribution in [3.63, 3.8) is 0 Å². The van der Waals surface area contributed by atoms with E-state index in [1.54, 1.807) is 6.33 Å². The average molecular weight is 347 g/mol. The standard InChI is InChI=1S/C18H29N5O2/c1-14(2)11-20-18(24)15-3-5-22(6-4-15)16-12-19-13-21-17(16)23-7-9-25-10-8-23/h12-15H,3-11H2,1-2H3,(H,20,24). The van der Waals surface area contributed by atoms with Crippen LogP contribution in [0, 0.1) is 11.8 Å². The van der Waals surface area contributed by atoms with Gasteiger partial charge in [-0.25, -0.2) is 9.97 Å². The highest BCUT2D eigenvalue weighted by Crippen LogP contribution is 2.30. The summed E-state index contributed by atoms with van der Waals surface area (Å²) in [4.78, 5) is 25.6. The molecule has 0 radical (unpaired) electrons.